The monoisotopic (exact) mass is 416 g/mol. The van der Waals surface area contributed by atoms with Crippen LogP contribution in [-0.4, -0.2) is 35.5 Å². The summed E-state index contributed by atoms with van der Waals surface area (Å²) in [6, 6.07) is 4.27. The lowest BCUT2D eigenvalue weighted by atomic mass is 9.72. The van der Waals surface area contributed by atoms with Crippen molar-refractivity contribution in [1.29, 1.82) is 0 Å². The number of piperidine rings is 3. The van der Waals surface area contributed by atoms with Crippen molar-refractivity contribution in [3.05, 3.63) is 33.7 Å². The average molecular weight is 417 g/mol. The largest absolute Gasteiger partial charge is 0.419 e. The van der Waals surface area contributed by atoms with Crippen molar-refractivity contribution in [2.75, 3.05) is 13.1 Å². The van der Waals surface area contributed by atoms with Crippen LogP contribution in [0.15, 0.2) is 18.2 Å². The van der Waals surface area contributed by atoms with Crippen molar-refractivity contribution in [2.24, 2.45) is 5.92 Å². The van der Waals surface area contributed by atoms with E-state index in [2.05, 4.69) is 24.1 Å². The molecule has 146 valence electrons. The molecule has 3 fully saturated rings. The number of rotatable bonds is 2. The number of benzene rings is 1. The van der Waals surface area contributed by atoms with Gasteiger partial charge < -0.3 is 5.32 Å². The first-order chi connectivity index (χ1) is 12.6. The van der Waals surface area contributed by atoms with Crippen LogP contribution >= 0.6 is 22.9 Å². The predicted molar refractivity (Wildman–Crippen MR) is 101 cm³/mol. The van der Waals surface area contributed by atoms with Crippen LogP contribution in [-0.2, 0) is 6.18 Å². The molecular formula is C19H20ClF3N2OS. The second kappa shape index (κ2) is 6.36. The molecular weight excluding hydrogens is 397 g/mol. The summed E-state index contributed by atoms with van der Waals surface area (Å²) in [5, 5.41) is 3.15. The maximum atomic E-state index is 13.4. The lowest BCUT2D eigenvalue weighted by Crippen LogP contribution is -2.69. The quantitative estimate of drug-likeness (QED) is 0.731. The van der Waals surface area contributed by atoms with Gasteiger partial charge in [0.05, 0.1) is 15.5 Å². The van der Waals surface area contributed by atoms with E-state index in [1.165, 1.54) is 18.2 Å². The summed E-state index contributed by atoms with van der Waals surface area (Å²) in [5.74, 6) is 0.0933. The highest BCUT2D eigenvalue weighted by Gasteiger charge is 2.48. The second-order valence-corrected chi connectivity index (χ2v) is 9.34. The summed E-state index contributed by atoms with van der Waals surface area (Å²) in [5.41, 5.74) is -1.03. The molecule has 4 heterocycles. The van der Waals surface area contributed by atoms with Gasteiger partial charge in [-0.3, -0.25) is 9.69 Å². The number of hydrogen-bond acceptors (Lipinski definition) is 3. The maximum Gasteiger partial charge on any atom is 0.419 e. The third kappa shape index (κ3) is 3.13. The maximum absolute atomic E-state index is 13.4. The van der Waals surface area contributed by atoms with Crippen LogP contribution in [0.4, 0.5) is 13.2 Å². The van der Waals surface area contributed by atoms with Gasteiger partial charge in [-0.1, -0.05) is 17.7 Å². The summed E-state index contributed by atoms with van der Waals surface area (Å²) in [6.45, 7) is 6.30. The molecule has 1 N–H and O–H groups in total. The van der Waals surface area contributed by atoms with Crippen molar-refractivity contribution in [3.63, 3.8) is 0 Å². The molecule has 0 aliphatic carbocycles. The molecule has 3 saturated heterocycles. The Morgan fingerprint density at radius 2 is 1.96 bits per heavy atom. The van der Waals surface area contributed by atoms with Crippen molar-refractivity contribution >= 4 is 38.9 Å². The fourth-order valence-corrected chi connectivity index (χ4v) is 6.00. The molecule has 1 unspecified atom stereocenters. The number of amides is 1. The van der Waals surface area contributed by atoms with Gasteiger partial charge in [0.25, 0.3) is 5.91 Å². The molecule has 1 atom stereocenters. The molecule has 0 spiro atoms. The third-order valence-electron chi connectivity index (χ3n) is 6.02. The van der Waals surface area contributed by atoms with Crippen LogP contribution in [0.3, 0.4) is 0 Å². The van der Waals surface area contributed by atoms with Gasteiger partial charge in [-0.2, -0.15) is 13.2 Å². The van der Waals surface area contributed by atoms with Gasteiger partial charge in [-0.25, -0.2) is 0 Å². The Balaban J connectivity index is 1.66. The summed E-state index contributed by atoms with van der Waals surface area (Å²) >= 11 is 6.64. The number of fused-ring (bicyclic) bond motifs is 4. The SMILES string of the molecule is CC1(C)C(NC(=O)c2cc3ccc(Cl)c(C(F)(F)F)c3s2)C2CCN1CC2. The average Bonchev–Trinajstić information content (AvgIpc) is 3.01. The molecule has 3 nitrogen and oxygen atoms in total. The number of thiophene rings is 1. The van der Waals surface area contributed by atoms with E-state index < -0.39 is 11.7 Å². The number of alkyl halides is 3. The zero-order valence-electron chi connectivity index (χ0n) is 15.0. The number of nitrogens with one attached hydrogen (secondary N) is 1. The Hall–Kier alpha value is -1.31. The molecule has 1 aromatic heterocycles. The minimum Gasteiger partial charge on any atom is -0.346 e. The first-order valence-corrected chi connectivity index (χ1v) is 10.1. The van der Waals surface area contributed by atoms with Gasteiger partial charge >= 0.3 is 6.18 Å². The molecule has 1 amide bonds. The molecule has 0 saturated carbocycles. The van der Waals surface area contributed by atoms with E-state index in [1.54, 1.807) is 0 Å². The highest BCUT2D eigenvalue weighted by molar-refractivity contribution is 7.21. The molecule has 0 radical (unpaired) electrons. The Morgan fingerprint density at radius 3 is 2.56 bits per heavy atom. The van der Waals surface area contributed by atoms with E-state index in [4.69, 9.17) is 11.6 Å². The topological polar surface area (TPSA) is 32.3 Å². The summed E-state index contributed by atoms with van der Waals surface area (Å²) in [7, 11) is 0. The lowest BCUT2D eigenvalue weighted by Gasteiger charge is -2.56. The predicted octanol–water partition coefficient (Wildman–Crippen LogP) is 5.18. The molecule has 27 heavy (non-hydrogen) atoms. The van der Waals surface area contributed by atoms with Gasteiger partial charge in [-0.15, -0.1) is 11.3 Å². The van der Waals surface area contributed by atoms with E-state index >= 15 is 0 Å². The van der Waals surface area contributed by atoms with Crippen LogP contribution < -0.4 is 5.32 Å². The number of carbonyl (C=O) groups is 1. The first kappa shape index (κ1) is 19.0. The summed E-state index contributed by atoms with van der Waals surface area (Å²) < 4.78 is 40.2. The highest BCUT2D eigenvalue weighted by atomic mass is 35.5. The van der Waals surface area contributed by atoms with Crippen LogP contribution in [0.2, 0.25) is 5.02 Å². The zero-order valence-corrected chi connectivity index (χ0v) is 16.6. The molecule has 3 aliphatic heterocycles. The Labute approximate surface area is 164 Å². The van der Waals surface area contributed by atoms with Gasteiger partial charge in [-0.05, 0) is 63.2 Å². The van der Waals surface area contributed by atoms with E-state index in [-0.39, 0.29) is 32.1 Å². The van der Waals surface area contributed by atoms with Gasteiger partial charge in [0, 0.05) is 16.3 Å². The standard InChI is InChI=1S/C19H20ClF3N2OS/c1-18(2)16(10-5-7-25(18)8-6-10)24-17(26)13-9-11-3-4-12(20)14(15(11)27-13)19(21,22)23/h3-4,9-10,16H,5-8H2,1-2H3,(H,24,26). The van der Waals surface area contributed by atoms with E-state index in [1.807, 2.05) is 0 Å². The van der Waals surface area contributed by atoms with Gasteiger partial charge in [0.2, 0.25) is 0 Å². The zero-order chi connectivity index (χ0) is 19.6. The van der Waals surface area contributed by atoms with Crippen molar-refractivity contribution in [3.8, 4) is 0 Å². The van der Waals surface area contributed by atoms with Crippen molar-refractivity contribution in [1.82, 2.24) is 10.2 Å². The van der Waals surface area contributed by atoms with Gasteiger partial charge in [0.15, 0.2) is 0 Å². The third-order valence-corrected chi connectivity index (χ3v) is 7.50. The second-order valence-electron chi connectivity index (χ2n) is 7.88. The van der Waals surface area contributed by atoms with E-state index in [0.29, 0.717) is 11.3 Å². The van der Waals surface area contributed by atoms with Crippen molar-refractivity contribution in [2.45, 2.75) is 44.4 Å². The minimum absolute atomic E-state index is 0.00771. The molecule has 1 aromatic carbocycles. The number of halogens is 4. The molecule has 3 aliphatic rings. The number of hydrogen-bond donors (Lipinski definition) is 1. The fourth-order valence-electron chi connectivity index (χ4n) is 4.54. The van der Waals surface area contributed by atoms with Crippen molar-refractivity contribution < 1.29 is 18.0 Å². The fraction of sp³-hybridized carbons (Fsp3) is 0.526. The van der Waals surface area contributed by atoms with Crippen LogP contribution in [0.1, 0.15) is 41.9 Å². The van der Waals surface area contributed by atoms with E-state index in [0.717, 1.165) is 37.3 Å². The number of carbonyl (C=O) groups excluding carboxylic acids is 1. The summed E-state index contributed by atoms with van der Waals surface area (Å²) in [6.07, 6.45) is -2.49. The Bertz CT molecular complexity index is 900. The Morgan fingerprint density at radius 1 is 1.30 bits per heavy atom. The smallest absolute Gasteiger partial charge is 0.346 e. The summed E-state index contributed by atoms with van der Waals surface area (Å²) in [4.78, 5) is 15.5. The Kier molecular flexibility index (Phi) is 4.48. The minimum atomic E-state index is -4.56. The van der Waals surface area contributed by atoms with E-state index in [9.17, 15) is 18.0 Å². The van der Waals surface area contributed by atoms with Crippen LogP contribution in [0.25, 0.3) is 10.1 Å². The molecule has 5 rings (SSSR count). The molecule has 8 heteroatoms. The van der Waals surface area contributed by atoms with Gasteiger partial charge in [0.1, 0.15) is 0 Å². The van der Waals surface area contributed by atoms with Crippen LogP contribution in [0, 0.1) is 5.92 Å². The highest BCUT2D eigenvalue weighted by Crippen LogP contribution is 2.43. The van der Waals surface area contributed by atoms with Crippen LogP contribution in [0.5, 0.6) is 0 Å². The molecule has 2 aromatic rings. The molecule has 2 bridgehead atoms. The number of nitrogens with zero attached hydrogens (tertiary/aromatic N) is 1. The lowest BCUT2D eigenvalue weighted by molar-refractivity contribution is -0.136. The first-order valence-electron chi connectivity index (χ1n) is 8.94. The normalized spacial score (nSPS) is 27.1.